The minimum Gasteiger partial charge on any atom is -0.326 e. The summed E-state index contributed by atoms with van der Waals surface area (Å²) in [5.41, 5.74) is 2.86. The van der Waals surface area contributed by atoms with Gasteiger partial charge in [0.1, 0.15) is 6.54 Å². The van der Waals surface area contributed by atoms with Crippen molar-refractivity contribution in [3.05, 3.63) is 59.7 Å². The molecule has 2 aromatic carbocycles. The highest BCUT2D eigenvalue weighted by atomic mass is 16.2. The van der Waals surface area contributed by atoms with Crippen LogP contribution in [0.4, 0.5) is 11.4 Å². The van der Waals surface area contributed by atoms with Gasteiger partial charge in [0, 0.05) is 30.4 Å². The number of nitrogens with one attached hydrogen (secondary N) is 2. The first-order valence-corrected chi connectivity index (χ1v) is 7.57. The molecule has 0 atom stereocenters. The Kier molecular flexibility index (Phi) is 4.29. The minimum absolute atomic E-state index is 0.000953. The highest BCUT2D eigenvalue weighted by molar-refractivity contribution is 6.02. The van der Waals surface area contributed by atoms with Gasteiger partial charge in [0.25, 0.3) is 5.91 Å². The van der Waals surface area contributed by atoms with E-state index >= 15 is 0 Å². The highest BCUT2D eigenvalue weighted by Gasteiger charge is 2.28. The maximum Gasteiger partial charge on any atom is 0.254 e. The number of nitrogens with zero attached hydrogens (tertiary/aromatic N) is 1. The number of amides is 3. The Morgan fingerprint density at radius 1 is 1.00 bits per heavy atom. The van der Waals surface area contributed by atoms with Crippen LogP contribution in [0.15, 0.2) is 48.5 Å². The molecule has 1 aliphatic rings. The van der Waals surface area contributed by atoms with Gasteiger partial charge in [-0.25, -0.2) is 0 Å². The van der Waals surface area contributed by atoms with Gasteiger partial charge >= 0.3 is 0 Å². The van der Waals surface area contributed by atoms with Gasteiger partial charge in [-0.05, 0) is 35.9 Å². The molecule has 0 unspecified atom stereocenters. The van der Waals surface area contributed by atoms with Crippen LogP contribution in [0.1, 0.15) is 22.8 Å². The first-order valence-electron chi connectivity index (χ1n) is 7.57. The van der Waals surface area contributed by atoms with Gasteiger partial charge in [0.15, 0.2) is 0 Å². The second-order valence-corrected chi connectivity index (χ2v) is 5.63. The van der Waals surface area contributed by atoms with E-state index in [0.29, 0.717) is 23.5 Å². The molecule has 6 heteroatoms. The summed E-state index contributed by atoms with van der Waals surface area (Å²) in [6, 6.07) is 14.2. The second kappa shape index (κ2) is 6.54. The number of carbonyl (C=O) groups is 3. The summed E-state index contributed by atoms with van der Waals surface area (Å²) in [6.07, 6.45) is 0. The van der Waals surface area contributed by atoms with Crippen molar-refractivity contribution < 1.29 is 14.4 Å². The smallest absolute Gasteiger partial charge is 0.254 e. The van der Waals surface area contributed by atoms with Crippen LogP contribution in [-0.2, 0) is 16.1 Å². The van der Waals surface area contributed by atoms with Gasteiger partial charge in [-0.3, -0.25) is 14.4 Å². The number of rotatable bonds is 4. The number of hydrogen-bond acceptors (Lipinski definition) is 3. The van der Waals surface area contributed by atoms with E-state index in [0.717, 1.165) is 5.56 Å². The molecule has 0 saturated heterocycles. The van der Waals surface area contributed by atoms with Crippen LogP contribution < -0.4 is 10.6 Å². The van der Waals surface area contributed by atoms with Crippen LogP contribution in [-0.4, -0.2) is 29.2 Å². The van der Waals surface area contributed by atoms with Crippen molar-refractivity contribution in [2.45, 2.75) is 13.5 Å². The molecule has 0 spiro atoms. The van der Waals surface area contributed by atoms with E-state index in [9.17, 15) is 14.4 Å². The lowest BCUT2D eigenvalue weighted by Crippen LogP contribution is -2.33. The average Bonchev–Trinajstić information content (AvgIpc) is 2.85. The van der Waals surface area contributed by atoms with Crippen LogP contribution in [0, 0.1) is 0 Å². The van der Waals surface area contributed by atoms with Gasteiger partial charge in [-0.2, -0.15) is 0 Å². The van der Waals surface area contributed by atoms with Crippen molar-refractivity contribution in [3.8, 4) is 0 Å². The Hall–Kier alpha value is -3.15. The van der Waals surface area contributed by atoms with Crippen LogP contribution in [0.3, 0.4) is 0 Å². The summed E-state index contributed by atoms with van der Waals surface area (Å²) in [5, 5.41) is 5.41. The van der Waals surface area contributed by atoms with E-state index in [1.807, 2.05) is 18.2 Å². The fourth-order valence-corrected chi connectivity index (χ4v) is 2.66. The van der Waals surface area contributed by atoms with E-state index in [-0.39, 0.29) is 24.3 Å². The molecule has 122 valence electrons. The molecule has 0 saturated carbocycles. The molecule has 1 aliphatic heterocycles. The Bertz CT molecular complexity index is 799. The fraction of sp³-hybridized carbons (Fsp3) is 0.167. The molecule has 3 rings (SSSR count). The summed E-state index contributed by atoms with van der Waals surface area (Å²) in [5.74, 6) is -0.538. The molecular formula is C18H17N3O3. The van der Waals surface area contributed by atoms with E-state index in [1.54, 1.807) is 30.3 Å². The normalized spacial score (nSPS) is 12.7. The van der Waals surface area contributed by atoms with Crippen LogP contribution in [0.25, 0.3) is 0 Å². The summed E-state index contributed by atoms with van der Waals surface area (Å²) >= 11 is 0. The Labute approximate surface area is 139 Å². The van der Waals surface area contributed by atoms with Crippen LogP contribution in [0.5, 0.6) is 0 Å². The maximum absolute atomic E-state index is 12.2. The summed E-state index contributed by atoms with van der Waals surface area (Å²) in [7, 11) is 0. The topological polar surface area (TPSA) is 78.5 Å². The number of hydrogen-bond donors (Lipinski definition) is 2. The summed E-state index contributed by atoms with van der Waals surface area (Å²) < 4.78 is 0. The lowest BCUT2D eigenvalue weighted by Gasteiger charge is -2.15. The predicted molar refractivity (Wildman–Crippen MR) is 90.6 cm³/mol. The SMILES string of the molecule is CC(=O)Nc1ccc(NC(=O)CN2Cc3ccccc3C2=O)cc1. The van der Waals surface area contributed by atoms with E-state index in [2.05, 4.69) is 10.6 Å². The minimum atomic E-state index is -0.261. The van der Waals surface area contributed by atoms with E-state index in [1.165, 1.54) is 11.8 Å². The number of benzene rings is 2. The lowest BCUT2D eigenvalue weighted by molar-refractivity contribution is -0.117. The zero-order valence-electron chi connectivity index (χ0n) is 13.2. The Balaban J connectivity index is 1.59. The van der Waals surface area contributed by atoms with Crippen molar-refractivity contribution in [1.82, 2.24) is 4.90 Å². The average molecular weight is 323 g/mol. The summed E-state index contributed by atoms with van der Waals surface area (Å²) in [6.45, 7) is 1.88. The molecule has 0 fully saturated rings. The van der Waals surface area contributed by atoms with Crippen LogP contribution in [0.2, 0.25) is 0 Å². The first-order chi connectivity index (χ1) is 11.5. The third kappa shape index (κ3) is 3.43. The summed E-state index contributed by atoms with van der Waals surface area (Å²) in [4.78, 5) is 36.9. The number of anilines is 2. The van der Waals surface area contributed by atoms with Gasteiger partial charge in [-0.15, -0.1) is 0 Å². The highest BCUT2D eigenvalue weighted by Crippen LogP contribution is 2.22. The van der Waals surface area contributed by atoms with Crippen molar-refractivity contribution in [2.75, 3.05) is 17.2 Å². The van der Waals surface area contributed by atoms with Crippen molar-refractivity contribution in [2.24, 2.45) is 0 Å². The van der Waals surface area contributed by atoms with E-state index in [4.69, 9.17) is 0 Å². The fourth-order valence-electron chi connectivity index (χ4n) is 2.66. The van der Waals surface area contributed by atoms with Crippen molar-refractivity contribution in [1.29, 1.82) is 0 Å². The predicted octanol–water partition coefficient (Wildman–Crippen LogP) is 2.24. The van der Waals surface area contributed by atoms with Crippen molar-refractivity contribution in [3.63, 3.8) is 0 Å². The second-order valence-electron chi connectivity index (χ2n) is 5.63. The number of carbonyl (C=O) groups excluding carboxylic acids is 3. The lowest BCUT2D eigenvalue weighted by atomic mass is 10.1. The van der Waals surface area contributed by atoms with Gasteiger partial charge < -0.3 is 15.5 Å². The molecular weight excluding hydrogens is 306 g/mol. The maximum atomic E-state index is 12.2. The molecule has 0 aliphatic carbocycles. The largest absolute Gasteiger partial charge is 0.326 e. The number of fused-ring (bicyclic) bond motifs is 1. The zero-order valence-corrected chi connectivity index (χ0v) is 13.2. The van der Waals surface area contributed by atoms with E-state index < -0.39 is 0 Å². The molecule has 3 amide bonds. The monoisotopic (exact) mass is 323 g/mol. The third-order valence-corrected chi connectivity index (χ3v) is 3.72. The Morgan fingerprint density at radius 3 is 2.25 bits per heavy atom. The first kappa shape index (κ1) is 15.7. The molecule has 0 aromatic heterocycles. The third-order valence-electron chi connectivity index (χ3n) is 3.72. The molecule has 2 aromatic rings. The molecule has 0 bridgehead atoms. The molecule has 0 radical (unpaired) electrons. The van der Waals surface area contributed by atoms with Crippen LogP contribution >= 0.6 is 0 Å². The van der Waals surface area contributed by atoms with Gasteiger partial charge in [0.2, 0.25) is 11.8 Å². The standard InChI is InChI=1S/C18H17N3O3/c1-12(22)19-14-6-8-15(9-7-14)20-17(23)11-21-10-13-4-2-3-5-16(13)18(21)24/h2-9H,10-11H2,1H3,(H,19,22)(H,20,23). The molecule has 2 N–H and O–H groups in total. The van der Waals surface area contributed by atoms with Crippen molar-refractivity contribution >= 4 is 29.1 Å². The zero-order chi connectivity index (χ0) is 17.1. The van der Waals surface area contributed by atoms with Gasteiger partial charge in [-0.1, -0.05) is 18.2 Å². The quantitative estimate of drug-likeness (QED) is 0.906. The van der Waals surface area contributed by atoms with Gasteiger partial charge in [0.05, 0.1) is 0 Å². The molecule has 24 heavy (non-hydrogen) atoms. The molecule has 6 nitrogen and oxygen atoms in total. The molecule has 1 heterocycles. The Morgan fingerprint density at radius 2 is 1.62 bits per heavy atom.